The molecule has 4 N–H and O–H groups in total. The van der Waals surface area contributed by atoms with Gasteiger partial charge in [-0.2, -0.15) is 0 Å². The first-order chi connectivity index (χ1) is 18.3. The lowest BCUT2D eigenvalue weighted by atomic mass is 10.1. The van der Waals surface area contributed by atoms with Crippen LogP contribution in [0.4, 0.5) is 11.4 Å². The predicted molar refractivity (Wildman–Crippen MR) is 149 cm³/mol. The second-order valence-corrected chi connectivity index (χ2v) is 11.0. The summed E-state index contributed by atoms with van der Waals surface area (Å²) in [4.78, 5) is 37.5. The number of aromatic hydroxyl groups is 1. The minimum atomic E-state index is -3.74. The van der Waals surface area contributed by atoms with Gasteiger partial charge < -0.3 is 20.5 Å². The molecule has 0 aromatic heterocycles. The fraction of sp³-hybridized carbons (Fsp3) is 0.222. The van der Waals surface area contributed by atoms with E-state index in [0.29, 0.717) is 12.2 Å². The quantitative estimate of drug-likeness (QED) is 0.277. The van der Waals surface area contributed by atoms with Gasteiger partial charge in [0, 0.05) is 17.2 Å². The number of hydrogen-bond donors (Lipinski definition) is 4. The summed E-state index contributed by atoms with van der Waals surface area (Å²) in [6, 6.07) is 13.3. The van der Waals surface area contributed by atoms with E-state index in [1.54, 1.807) is 13.0 Å². The first-order valence-corrected chi connectivity index (χ1v) is 14.0. The van der Waals surface area contributed by atoms with Crippen molar-refractivity contribution < 1.29 is 32.6 Å². The number of sulfonamides is 1. The Labute approximate surface area is 231 Å². The predicted octanol–water partition coefficient (Wildman–Crippen LogP) is 4.40. The van der Waals surface area contributed by atoms with Crippen LogP contribution < -0.4 is 20.1 Å². The lowest BCUT2D eigenvalue weighted by Crippen LogP contribution is -2.32. The molecule has 0 fully saturated rings. The Morgan fingerprint density at radius 1 is 0.923 bits per heavy atom. The molecule has 206 valence electrons. The van der Waals surface area contributed by atoms with Crippen molar-refractivity contribution in [2.75, 3.05) is 16.9 Å². The first kappa shape index (κ1) is 29.5. The number of carbonyl (C=O) groups is 3. The number of phenolic OH excluding ortho intramolecular Hbond substituents is 1. The summed E-state index contributed by atoms with van der Waals surface area (Å²) in [5.74, 6) is -1.69. The number of phenols is 1. The summed E-state index contributed by atoms with van der Waals surface area (Å²) >= 11 is 6.32. The van der Waals surface area contributed by atoms with Crippen LogP contribution in [0.3, 0.4) is 0 Å². The Morgan fingerprint density at radius 3 is 2.10 bits per heavy atom. The van der Waals surface area contributed by atoms with Crippen LogP contribution in [0.2, 0.25) is 5.02 Å². The third-order valence-electron chi connectivity index (χ3n) is 5.54. The number of anilines is 2. The molecule has 3 rings (SSSR count). The van der Waals surface area contributed by atoms with Crippen molar-refractivity contribution >= 4 is 50.7 Å². The summed E-state index contributed by atoms with van der Waals surface area (Å²) < 4.78 is 30.2. The van der Waals surface area contributed by atoms with Crippen molar-refractivity contribution in [2.45, 2.75) is 33.3 Å². The number of rotatable bonds is 9. The highest BCUT2D eigenvalue weighted by Gasteiger charge is 2.22. The standard InChI is InChI=1S/C27H28ClN3O7S/c1-5-23(38-24-11-6-15(2)12-16(24)3)27(35)29-20-14-22(32)21(13-19(20)28)30-25(33)17-7-9-18(10-8-17)26(34)31-39(4,36)37/h6-14,23,32H,5H2,1-4H3,(H,29,35)(H,30,33)(H,31,34). The van der Waals surface area contributed by atoms with E-state index in [4.69, 9.17) is 16.3 Å². The molecule has 0 heterocycles. The van der Waals surface area contributed by atoms with Crippen LogP contribution in [0.5, 0.6) is 11.5 Å². The maximum atomic E-state index is 12.9. The van der Waals surface area contributed by atoms with Crippen molar-refractivity contribution in [3.63, 3.8) is 0 Å². The molecule has 0 aliphatic heterocycles. The Kier molecular flexibility index (Phi) is 9.20. The second kappa shape index (κ2) is 12.2. The highest BCUT2D eigenvalue weighted by molar-refractivity contribution is 7.89. The Hall–Kier alpha value is -4.09. The molecule has 0 saturated heterocycles. The van der Waals surface area contributed by atoms with Crippen molar-refractivity contribution in [2.24, 2.45) is 0 Å². The molecule has 0 aliphatic rings. The number of hydrogen-bond acceptors (Lipinski definition) is 7. The molecule has 39 heavy (non-hydrogen) atoms. The maximum Gasteiger partial charge on any atom is 0.265 e. The van der Waals surface area contributed by atoms with E-state index in [-0.39, 0.29) is 33.3 Å². The molecule has 10 nitrogen and oxygen atoms in total. The Balaban J connectivity index is 1.69. The monoisotopic (exact) mass is 573 g/mol. The molecule has 1 atom stereocenters. The van der Waals surface area contributed by atoms with Crippen LogP contribution >= 0.6 is 11.6 Å². The summed E-state index contributed by atoms with van der Waals surface area (Å²) in [5, 5.41) is 15.7. The minimum Gasteiger partial charge on any atom is -0.506 e. The van der Waals surface area contributed by atoms with E-state index in [0.717, 1.165) is 17.4 Å². The zero-order valence-electron chi connectivity index (χ0n) is 21.7. The van der Waals surface area contributed by atoms with Crippen molar-refractivity contribution in [1.82, 2.24) is 4.72 Å². The van der Waals surface area contributed by atoms with Crippen LogP contribution in [0.25, 0.3) is 0 Å². The van der Waals surface area contributed by atoms with Gasteiger partial charge in [0.25, 0.3) is 17.7 Å². The molecule has 0 spiro atoms. The molecule has 12 heteroatoms. The van der Waals surface area contributed by atoms with Gasteiger partial charge in [-0.3, -0.25) is 14.4 Å². The molecular formula is C27H28ClN3O7S. The largest absolute Gasteiger partial charge is 0.506 e. The van der Waals surface area contributed by atoms with E-state index in [9.17, 15) is 27.9 Å². The molecule has 3 aromatic rings. The van der Waals surface area contributed by atoms with Crippen LogP contribution in [0.1, 0.15) is 45.2 Å². The highest BCUT2D eigenvalue weighted by atomic mass is 35.5. The summed E-state index contributed by atoms with van der Waals surface area (Å²) in [5.41, 5.74) is 2.24. The topological polar surface area (TPSA) is 151 Å². The van der Waals surface area contributed by atoms with Gasteiger partial charge >= 0.3 is 0 Å². The lowest BCUT2D eigenvalue weighted by molar-refractivity contribution is -0.122. The SMILES string of the molecule is CCC(Oc1ccc(C)cc1C)C(=O)Nc1cc(O)c(NC(=O)c2ccc(C(=O)NS(C)(=O)=O)cc2)cc1Cl. The fourth-order valence-electron chi connectivity index (χ4n) is 3.57. The maximum absolute atomic E-state index is 12.9. The smallest absolute Gasteiger partial charge is 0.265 e. The van der Waals surface area contributed by atoms with Gasteiger partial charge in [0.15, 0.2) is 6.10 Å². The fourth-order valence-corrected chi connectivity index (χ4v) is 4.24. The number of ether oxygens (including phenoxy) is 1. The molecular weight excluding hydrogens is 546 g/mol. The number of halogens is 1. The molecule has 0 bridgehead atoms. The molecule has 3 aromatic carbocycles. The molecule has 0 radical (unpaired) electrons. The van der Waals surface area contributed by atoms with Gasteiger partial charge in [0.1, 0.15) is 11.5 Å². The number of aryl methyl sites for hydroxylation is 2. The van der Waals surface area contributed by atoms with E-state index in [1.165, 1.54) is 36.4 Å². The number of nitrogens with one attached hydrogen (secondary N) is 3. The Morgan fingerprint density at radius 2 is 1.54 bits per heavy atom. The van der Waals surface area contributed by atoms with Crippen molar-refractivity contribution in [1.29, 1.82) is 0 Å². The van der Waals surface area contributed by atoms with Gasteiger partial charge in [0.2, 0.25) is 10.0 Å². The third-order valence-corrected chi connectivity index (χ3v) is 6.41. The average molecular weight is 574 g/mol. The van der Waals surface area contributed by atoms with Gasteiger partial charge in [-0.25, -0.2) is 13.1 Å². The van der Waals surface area contributed by atoms with Gasteiger partial charge in [-0.1, -0.05) is 36.2 Å². The van der Waals surface area contributed by atoms with E-state index in [2.05, 4.69) is 10.6 Å². The minimum absolute atomic E-state index is 0.0135. The summed E-state index contributed by atoms with van der Waals surface area (Å²) in [6.07, 6.45) is 0.418. The van der Waals surface area contributed by atoms with Crippen LogP contribution in [-0.2, 0) is 14.8 Å². The summed E-state index contributed by atoms with van der Waals surface area (Å²) in [6.45, 7) is 5.65. The first-order valence-electron chi connectivity index (χ1n) is 11.8. The number of benzene rings is 3. The van der Waals surface area contributed by atoms with Crippen LogP contribution in [0.15, 0.2) is 54.6 Å². The van der Waals surface area contributed by atoms with Crippen molar-refractivity contribution in [3.8, 4) is 11.5 Å². The van der Waals surface area contributed by atoms with Crippen molar-refractivity contribution in [3.05, 3.63) is 81.9 Å². The lowest BCUT2D eigenvalue weighted by Gasteiger charge is -2.19. The van der Waals surface area contributed by atoms with Gasteiger partial charge in [0.05, 0.1) is 22.7 Å². The second-order valence-electron chi connectivity index (χ2n) is 8.86. The molecule has 3 amide bonds. The molecule has 1 unspecified atom stereocenters. The summed E-state index contributed by atoms with van der Waals surface area (Å²) in [7, 11) is -3.74. The zero-order valence-corrected chi connectivity index (χ0v) is 23.2. The van der Waals surface area contributed by atoms with Gasteiger partial charge in [-0.15, -0.1) is 0 Å². The molecule has 0 aliphatic carbocycles. The van der Waals surface area contributed by atoms with Gasteiger partial charge in [-0.05, 0) is 62.2 Å². The molecule has 0 saturated carbocycles. The average Bonchev–Trinajstić information content (AvgIpc) is 2.85. The van der Waals surface area contributed by atoms with Crippen LogP contribution in [0, 0.1) is 13.8 Å². The normalized spacial score (nSPS) is 11.8. The third kappa shape index (κ3) is 7.95. The van der Waals surface area contributed by atoms with E-state index >= 15 is 0 Å². The Bertz CT molecular complexity index is 1520. The van der Waals surface area contributed by atoms with E-state index < -0.39 is 33.8 Å². The van der Waals surface area contributed by atoms with E-state index in [1.807, 2.05) is 30.7 Å². The number of amides is 3. The zero-order chi connectivity index (χ0) is 28.9. The highest BCUT2D eigenvalue weighted by Crippen LogP contribution is 2.34. The van der Waals surface area contributed by atoms with Crippen LogP contribution in [-0.4, -0.2) is 43.6 Å². The number of carbonyl (C=O) groups excluding carboxylic acids is 3.